The van der Waals surface area contributed by atoms with Gasteiger partial charge in [-0.2, -0.15) is 5.26 Å². The van der Waals surface area contributed by atoms with Crippen LogP contribution in [0.4, 0.5) is 0 Å². The Morgan fingerprint density at radius 3 is 2.23 bits per heavy atom. The maximum absolute atomic E-state index is 12.6. The number of hydrogen-bond acceptors (Lipinski definition) is 5. The molecule has 0 atom stereocenters. The summed E-state index contributed by atoms with van der Waals surface area (Å²) in [5.41, 5.74) is 2.49. The van der Waals surface area contributed by atoms with Gasteiger partial charge in [-0.15, -0.1) is 0 Å². The van der Waals surface area contributed by atoms with E-state index in [1.165, 1.54) is 43.2 Å². The van der Waals surface area contributed by atoms with Crippen molar-refractivity contribution in [3.63, 3.8) is 0 Å². The van der Waals surface area contributed by atoms with Gasteiger partial charge in [0.1, 0.15) is 0 Å². The first-order valence-corrected chi connectivity index (χ1v) is 13.6. The Morgan fingerprint density at radius 1 is 0.971 bits per heavy atom. The van der Waals surface area contributed by atoms with Gasteiger partial charge >= 0.3 is 5.97 Å². The lowest BCUT2D eigenvalue weighted by atomic mass is 9.69. The molecule has 0 saturated heterocycles. The minimum Gasteiger partial charge on any atom is -0.465 e. The van der Waals surface area contributed by atoms with Crippen LogP contribution in [0, 0.1) is 16.7 Å². The molecule has 5 nitrogen and oxygen atoms in total. The lowest BCUT2D eigenvalue weighted by molar-refractivity contribution is -0.154. The zero-order valence-corrected chi connectivity index (χ0v) is 21.6. The van der Waals surface area contributed by atoms with E-state index in [-0.39, 0.29) is 5.97 Å². The first-order valence-electron chi connectivity index (χ1n) is 13.6. The van der Waals surface area contributed by atoms with Crippen molar-refractivity contribution in [2.75, 3.05) is 6.61 Å². The smallest absolute Gasteiger partial charge is 0.326 e. The van der Waals surface area contributed by atoms with E-state index in [1.807, 2.05) is 12.4 Å². The number of carbonyl (C=O) groups excluding carboxylic acids is 1. The summed E-state index contributed by atoms with van der Waals surface area (Å²) in [5.74, 6) is 0.783. The highest BCUT2D eigenvalue weighted by Gasteiger charge is 2.43. The number of carbonyl (C=O) groups is 1. The molecule has 0 spiro atoms. The number of rotatable bonds is 13. The highest BCUT2D eigenvalue weighted by atomic mass is 16.5. The van der Waals surface area contributed by atoms with Crippen LogP contribution in [0.3, 0.4) is 0 Å². The van der Waals surface area contributed by atoms with E-state index in [9.17, 15) is 10.1 Å². The van der Waals surface area contributed by atoms with Crippen LogP contribution in [-0.4, -0.2) is 22.5 Å². The second-order valence-corrected chi connectivity index (χ2v) is 10.0. The average molecular weight is 476 g/mol. The summed E-state index contributed by atoms with van der Waals surface area (Å²) in [7, 11) is 0. The molecule has 2 aromatic rings. The lowest BCUT2D eigenvalue weighted by Crippen LogP contribution is -2.35. The fourth-order valence-electron chi connectivity index (χ4n) is 4.93. The molecule has 1 aromatic heterocycles. The molecule has 0 N–H and O–H groups in total. The minimum atomic E-state index is -0.978. The average Bonchev–Trinajstić information content (AvgIpc) is 2.91. The number of ether oxygens (including phenoxy) is 1. The molecule has 3 rings (SSSR count). The van der Waals surface area contributed by atoms with Gasteiger partial charge < -0.3 is 4.74 Å². The molecule has 1 aliphatic carbocycles. The third kappa shape index (κ3) is 7.62. The molecule has 1 aromatic carbocycles. The Labute approximate surface area is 211 Å². The molecule has 0 amide bonds. The number of hydrogen-bond donors (Lipinski definition) is 0. The van der Waals surface area contributed by atoms with E-state index in [2.05, 4.69) is 54.2 Å². The van der Waals surface area contributed by atoms with Gasteiger partial charge in [0.15, 0.2) is 11.2 Å². The fraction of sp³-hybridized carbons (Fsp3) is 0.600. The summed E-state index contributed by atoms with van der Waals surface area (Å²) in [6, 6.07) is 10.8. The Hall–Kier alpha value is -2.74. The van der Waals surface area contributed by atoms with Crippen molar-refractivity contribution in [3.8, 4) is 17.5 Å². The van der Waals surface area contributed by atoms with Crippen molar-refractivity contribution < 1.29 is 9.53 Å². The summed E-state index contributed by atoms with van der Waals surface area (Å²) in [6.45, 7) is 4.78. The number of nitriles is 1. The second kappa shape index (κ2) is 14.0. The number of nitrogens with zero attached hydrogens (tertiary/aromatic N) is 3. The van der Waals surface area contributed by atoms with Gasteiger partial charge in [0.2, 0.25) is 0 Å². The molecule has 0 unspecified atom stereocenters. The molecule has 0 radical (unpaired) electrons. The van der Waals surface area contributed by atoms with Crippen LogP contribution in [0.15, 0.2) is 36.7 Å². The molecule has 0 aliphatic heterocycles. The molecule has 1 fully saturated rings. The molecule has 1 heterocycles. The maximum Gasteiger partial charge on any atom is 0.326 e. The Morgan fingerprint density at radius 2 is 1.60 bits per heavy atom. The highest BCUT2D eigenvalue weighted by Crippen LogP contribution is 2.43. The first kappa shape index (κ1) is 26.9. The van der Waals surface area contributed by atoms with Gasteiger partial charge in [0.05, 0.1) is 12.7 Å². The Balaban J connectivity index is 1.51. The predicted molar refractivity (Wildman–Crippen MR) is 140 cm³/mol. The quantitative estimate of drug-likeness (QED) is 0.221. The van der Waals surface area contributed by atoms with Crippen molar-refractivity contribution in [2.24, 2.45) is 5.41 Å². The minimum absolute atomic E-state index is 0.327. The molecule has 0 bridgehead atoms. The monoisotopic (exact) mass is 475 g/mol. The van der Waals surface area contributed by atoms with Crippen LogP contribution in [-0.2, 0) is 16.0 Å². The van der Waals surface area contributed by atoms with Gasteiger partial charge in [-0.1, -0.05) is 76.6 Å². The fourth-order valence-corrected chi connectivity index (χ4v) is 4.93. The maximum atomic E-state index is 12.6. The van der Waals surface area contributed by atoms with E-state index in [0.717, 1.165) is 49.9 Å². The summed E-state index contributed by atoms with van der Waals surface area (Å²) in [4.78, 5) is 21.8. The number of benzene rings is 1. The summed E-state index contributed by atoms with van der Waals surface area (Å²) < 4.78 is 5.45. The molecule has 188 valence electrons. The predicted octanol–water partition coefficient (Wildman–Crippen LogP) is 7.56. The standard InChI is InChI=1S/C30H41N3O2/c1-3-5-7-8-9-11-24-21-32-28(33-22-24)27-14-12-25(13-15-27)26-16-18-30(23-31,19-17-26)29(34)35-20-10-6-4-2/h12-15,21-22,26H,3-11,16-20H2,1-2H3. The van der Waals surface area contributed by atoms with Crippen molar-refractivity contribution in [1.82, 2.24) is 9.97 Å². The van der Waals surface area contributed by atoms with Crippen LogP contribution in [0.25, 0.3) is 11.4 Å². The highest BCUT2D eigenvalue weighted by molar-refractivity contribution is 5.80. The zero-order valence-electron chi connectivity index (χ0n) is 21.6. The third-order valence-electron chi connectivity index (χ3n) is 7.34. The largest absolute Gasteiger partial charge is 0.465 e. The number of esters is 1. The van der Waals surface area contributed by atoms with Crippen LogP contribution < -0.4 is 0 Å². The van der Waals surface area contributed by atoms with Gasteiger partial charge in [-0.05, 0) is 62.0 Å². The Kier molecular flexibility index (Phi) is 10.7. The topological polar surface area (TPSA) is 75.9 Å². The van der Waals surface area contributed by atoms with Gasteiger partial charge in [0, 0.05) is 18.0 Å². The van der Waals surface area contributed by atoms with Crippen LogP contribution >= 0.6 is 0 Å². The van der Waals surface area contributed by atoms with Gasteiger partial charge in [-0.25, -0.2) is 9.97 Å². The van der Waals surface area contributed by atoms with E-state index in [4.69, 9.17) is 4.74 Å². The Bertz CT molecular complexity index is 939. The van der Waals surface area contributed by atoms with E-state index in [0.29, 0.717) is 25.4 Å². The van der Waals surface area contributed by atoms with E-state index in [1.54, 1.807) is 0 Å². The summed E-state index contributed by atoms with van der Waals surface area (Å²) in [5, 5.41) is 9.77. The third-order valence-corrected chi connectivity index (χ3v) is 7.34. The molecular weight excluding hydrogens is 434 g/mol. The lowest BCUT2D eigenvalue weighted by Gasteiger charge is -2.33. The molecule has 1 aliphatic rings. The van der Waals surface area contributed by atoms with Crippen molar-refractivity contribution in [2.45, 2.75) is 103 Å². The van der Waals surface area contributed by atoms with Crippen molar-refractivity contribution >= 4 is 5.97 Å². The summed E-state index contributed by atoms with van der Waals surface area (Å²) in [6.07, 6.45) is 17.1. The molecule has 1 saturated carbocycles. The van der Waals surface area contributed by atoms with Gasteiger partial charge in [0.25, 0.3) is 0 Å². The van der Waals surface area contributed by atoms with Crippen LogP contribution in [0.2, 0.25) is 0 Å². The van der Waals surface area contributed by atoms with Gasteiger partial charge in [-0.3, -0.25) is 4.79 Å². The number of aromatic nitrogens is 2. The van der Waals surface area contributed by atoms with Crippen LogP contribution in [0.5, 0.6) is 0 Å². The van der Waals surface area contributed by atoms with Crippen LogP contribution in [0.1, 0.15) is 108 Å². The van der Waals surface area contributed by atoms with E-state index < -0.39 is 5.41 Å². The number of aryl methyl sites for hydroxylation is 1. The normalized spacial score (nSPS) is 19.7. The molecule has 5 heteroatoms. The van der Waals surface area contributed by atoms with E-state index >= 15 is 0 Å². The first-order chi connectivity index (χ1) is 17.1. The summed E-state index contributed by atoms with van der Waals surface area (Å²) >= 11 is 0. The van der Waals surface area contributed by atoms with Crippen molar-refractivity contribution in [1.29, 1.82) is 5.26 Å². The zero-order chi connectivity index (χ0) is 24.9. The van der Waals surface area contributed by atoms with Crippen molar-refractivity contribution in [3.05, 3.63) is 47.8 Å². The SMILES string of the molecule is CCCCCCCc1cnc(-c2ccc(C3CCC(C#N)(C(=O)OCCCCC)CC3)cc2)nc1. The second-order valence-electron chi connectivity index (χ2n) is 10.0. The molecule has 35 heavy (non-hydrogen) atoms. The number of unbranched alkanes of at least 4 members (excludes halogenated alkanes) is 6. The molecular formula is C30H41N3O2.